The van der Waals surface area contributed by atoms with Crippen LogP contribution >= 0.6 is 12.2 Å². The molecule has 94 valence electrons. The van der Waals surface area contributed by atoms with Crippen molar-refractivity contribution in [2.75, 3.05) is 12.8 Å². The van der Waals surface area contributed by atoms with Crippen LogP contribution in [0.4, 0.5) is 0 Å². The minimum atomic E-state index is -3.16. The molecule has 0 atom stereocenters. The molecule has 0 saturated carbocycles. The van der Waals surface area contributed by atoms with Gasteiger partial charge in [0.2, 0.25) is 10.0 Å². The zero-order valence-electron chi connectivity index (χ0n) is 9.88. The first kappa shape index (κ1) is 14.1. The van der Waals surface area contributed by atoms with Crippen molar-refractivity contribution >= 4 is 27.2 Å². The van der Waals surface area contributed by atoms with Crippen LogP contribution in [0.5, 0.6) is 0 Å². The van der Waals surface area contributed by atoms with Crippen molar-refractivity contribution in [1.82, 2.24) is 4.31 Å². The molecule has 0 radical (unpaired) electrons. The zero-order valence-corrected chi connectivity index (χ0v) is 11.5. The fraction of sp³-hybridized carbons (Fsp3) is 0.364. The Balaban J connectivity index is 2.89. The Morgan fingerprint density at radius 3 is 2.65 bits per heavy atom. The summed E-state index contributed by atoms with van der Waals surface area (Å²) in [6.07, 6.45) is 0. The van der Waals surface area contributed by atoms with Crippen molar-refractivity contribution in [3.05, 3.63) is 35.4 Å². The highest BCUT2D eigenvalue weighted by Crippen LogP contribution is 2.10. The van der Waals surface area contributed by atoms with Gasteiger partial charge in [0.15, 0.2) is 0 Å². The normalized spacial score (nSPS) is 11.7. The minimum Gasteiger partial charge on any atom is -0.389 e. The maximum absolute atomic E-state index is 11.6. The first-order valence-electron chi connectivity index (χ1n) is 5.19. The molecule has 0 aromatic heterocycles. The molecule has 6 heteroatoms. The second kappa shape index (κ2) is 5.57. The molecule has 0 fully saturated rings. The molecule has 0 unspecified atom stereocenters. The molecule has 0 aliphatic rings. The van der Waals surface area contributed by atoms with Crippen LogP contribution in [0.1, 0.15) is 18.1 Å². The summed E-state index contributed by atoms with van der Waals surface area (Å²) < 4.78 is 24.5. The largest absolute Gasteiger partial charge is 0.389 e. The second-order valence-electron chi connectivity index (χ2n) is 3.72. The van der Waals surface area contributed by atoms with Crippen LogP contribution in [-0.4, -0.2) is 30.5 Å². The summed E-state index contributed by atoms with van der Waals surface area (Å²) in [7, 11) is -1.60. The van der Waals surface area contributed by atoms with E-state index in [0.717, 1.165) is 11.1 Å². The van der Waals surface area contributed by atoms with Crippen LogP contribution in [0, 0.1) is 0 Å². The molecule has 4 nitrogen and oxygen atoms in total. The summed E-state index contributed by atoms with van der Waals surface area (Å²) in [5.74, 6) is 0.0957. The summed E-state index contributed by atoms with van der Waals surface area (Å²) in [5, 5.41) is 0. The first-order valence-corrected chi connectivity index (χ1v) is 7.21. The van der Waals surface area contributed by atoms with Crippen LogP contribution in [0.2, 0.25) is 0 Å². The van der Waals surface area contributed by atoms with Gasteiger partial charge in [0.25, 0.3) is 0 Å². The average Bonchev–Trinajstić information content (AvgIpc) is 2.29. The van der Waals surface area contributed by atoms with Gasteiger partial charge in [-0.15, -0.1) is 0 Å². The first-order chi connectivity index (χ1) is 7.86. The van der Waals surface area contributed by atoms with Gasteiger partial charge in [-0.3, -0.25) is 0 Å². The topological polar surface area (TPSA) is 63.4 Å². The molecular weight excluding hydrogens is 256 g/mol. The van der Waals surface area contributed by atoms with Crippen LogP contribution in [0.15, 0.2) is 24.3 Å². The Hall–Kier alpha value is -0.980. The number of thiocarbonyl (C=S) groups is 1. The fourth-order valence-electron chi connectivity index (χ4n) is 1.40. The molecular formula is C11H16N2O2S2. The smallest absolute Gasteiger partial charge is 0.213 e. The van der Waals surface area contributed by atoms with E-state index in [-0.39, 0.29) is 5.75 Å². The maximum atomic E-state index is 11.6. The Labute approximate surface area is 107 Å². The van der Waals surface area contributed by atoms with Gasteiger partial charge in [0, 0.05) is 19.2 Å². The van der Waals surface area contributed by atoms with Gasteiger partial charge in [-0.1, -0.05) is 30.4 Å². The van der Waals surface area contributed by atoms with Crippen molar-refractivity contribution in [3.63, 3.8) is 0 Å². The van der Waals surface area contributed by atoms with Gasteiger partial charge in [0.1, 0.15) is 4.99 Å². The lowest BCUT2D eigenvalue weighted by Gasteiger charge is -2.16. The summed E-state index contributed by atoms with van der Waals surface area (Å²) in [4.78, 5) is 0.313. The molecule has 0 bridgehead atoms. The van der Waals surface area contributed by atoms with E-state index in [0.29, 0.717) is 11.5 Å². The van der Waals surface area contributed by atoms with E-state index in [9.17, 15) is 8.42 Å². The quantitative estimate of drug-likeness (QED) is 0.815. The predicted octanol–water partition coefficient (Wildman–Crippen LogP) is 1.10. The summed E-state index contributed by atoms with van der Waals surface area (Å²) in [6, 6.07) is 7.28. The van der Waals surface area contributed by atoms with Crippen LogP contribution < -0.4 is 5.73 Å². The van der Waals surface area contributed by atoms with Crippen molar-refractivity contribution in [2.24, 2.45) is 5.73 Å². The van der Waals surface area contributed by atoms with E-state index in [1.165, 1.54) is 4.31 Å². The third-order valence-corrected chi connectivity index (χ3v) is 4.50. The highest BCUT2D eigenvalue weighted by Gasteiger charge is 2.15. The molecule has 0 aliphatic heterocycles. The molecule has 1 rings (SSSR count). The monoisotopic (exact) mass is 272 g/mol. The van der Waals surface area contributed by atoms with E-state index in [1.54, 1.807) is 20.0 Å². The second-order valence-corrected chi connectivity index (χ2v) is 6.53. The third-order valence-electron chi connectivity index (χ3n) is 2.46. The van der Waals surface area contributed by atoms with Crippen molar-refractivity contribution in [1.29, 1.82) is 0 Å². The Morgan fingerprint density at radius 2 is 2.12 bits per heavy atom. The molecule has 0 saturated heterocycles. The molecule has 0 aliphatic carbocycles. The Morgan fingerprint density at radius 1 is 1.47 bits per heavy atom. The highest BCUT2D eigenvalue weighted by molar-refractivity contribution is 7.89. The SMILES string of the molecule is CCS(=O)(=O)N(C)Cc1cccc(C(N)=S)c1. The lowest BCUT2D eigenvalue weighted by atomic mass is 10.1. The van der Waals surface area contributed by atoms with Crippen LogP contribution in [-0.2, 0) is 16.6 Å². The van der Waals surface area contributed by atoms with Crippen LogP contribution in [0.3, 0.4) is 0 Å². The third kappa shape index (κ3) is 3.76. The number of nitrogens with two attached hydrogens (primary N) is 1. The Bertz CT molecular complexity index is 512. The van der Waals surface area contributed by atoms with Gasteiger partial charge in [0.05, 0.1) is 5.75 Å². The van der Waals surface area contributed by atoms with E-state index in [4.69, 9.17) is 18.0 Å². The highest BCUT2D eigenvalue weighted by atomic mass is 32.2. The number of nitrogens with zero attached hydrogens (tertiary/aromatic N) is 1. The standard InChI is InChI=1S/C11H16N2O2S2/c1-3-17(14,15)13(2)8-9-5-4-6-10(7-9)11(12)16/h4-7H,3,8H2,1-2H3,(H2,12,16). The summed E-state index contributed by atoms with van der Waals surface area (Å²) in [5.41, 5.74) is 7.15. The van der Waals surface area contributed by atoms with Crippen molar-refractivity contribution in [3.8, 4) is 0 Å². The Kier molecular flexibility index (Phi) is 4.62. The fourth-order valence-corrected chi connectivity index (χ4v) is 2.31. The maximum Gasteiger partial charge on any atom is 0.213 e. The molecule has 0 heterocycles. The number of rotatable bonds is 5. The number of hydrogen-bond donors (Lipinski definition) is 1. The van der Waals surface area contributed by atoms with E-state index < -0.39 is 10.0 Å². The number of hydrogen-bond acceptors (Lipinski definition) is 3. The van der Waals surface area contributed by atoms with Crippen molar-refractivity contribution in [2.45, 2.75) is 13.5 Å². The zero-order chi connectivity index (χ0) is 13.1. The van der Waals surface area contributed by atoms with E-state index >= 15 is 0 Å². The van der Waals surface area contributed by atoms with Gasteiger partial charge < -0.3 is 5.73 Å². The van der Waals surface area contributed by atoms with Crippen LogP contribution in [0.25, 0.3) is 0 Å². The van der Waals surface area contributed by atoms with Gasteiger partial charge in [-0.05, 0) is 18.6 Å². The summed E-state index contributed by atoms with van der Waals surface area (Å²) in [6.45, 7) is 1.95. The molecule has 0 spiro atoms. The lowest BCUT2D eigenvalue weighted by Crippen LogP contribution is -2.27. The molecule has 0 amide bonds. The molecule has 2 N–H and O–H groups in total. The van der Waals surface area contributed by atoms with Gasteiger partial charge in [-0.25, -0.2) is 12.7 Å². The lowest BCUT2D eigenvalue weighted by molar-refractivity contribution is 0.468. The predicted molar refractivity (Wildman–Crippen MR) is 73.3 cm³/mol. The van der Waals surface area contributed by atoms with Gasteiger partial charge in [-0.2, -0.15) is 0 Å². The molecule has 1 aromatic rings. The number of benzene rings is 1. The molecule has 17 heavy (non-hydrogen) atoms. The molecule has 1 aromatic carbocycles. The van der Waals surface area contributed by atoms with Gasteiger partial charge >= 0.3 is 0 Å². The average molecular weight is 272 g/mol. The number of sulfonamides is 1. The van der Waals surface area contributed by atoms with Crippen molar-refractivity contribution < 1.29 is 8.42 Å². The van der Waals surface area contributed by atoms with E-state index in [2.05, 4.69) is 0 Å². The summed E-state index contributed by atoms with van der Waals surface area (Å²) >= 11 is 4.88. The minimum absolute atomic E-state index is 0.0957. The van der Waals surface area contributed by atoms with E-state index in [1.807, 2.05) is 18.2 Å².